The Bertz CT molecular complexity index is 1300. The molecule has 0 fully saturated rings. The fourth-order valence-electron chi connectivity index (χ4n) is 2.79. The zero-order valence-electron chi connectivity index (χ0n) is 16.4. The molecule has 3 aromatic rings. The standard InChI is InChI=1S/C20H16F3N5O2S/c1-30-15-6-12(10-31(2,29)26-11-24)5-14(8-15)27-20-25-9-18(23)19(28-20)16-4-3-13(21)7-17(16)22/h3-9H,10H2,1-2H3,(H,25,27,28). The highest BCUT2D eigenvalue weighted by Crippen LogP contribution is 2.28. The third-order valence-electron chi connectivity index (χ3n) is 4.06. The normalized spacial score (nSPS) is 12.5. The van der Waals surface area contributed by atoms with Crippen LogP contribution in [0.25, 0.3) is 11.3 Å². The Labute approximate surface area is 176 Å². The van der Waals surface area contributed by atoms with Gasteiger partial charge in [0.2, 0.25) is 12.1 Å². The summed E-state index contributed by atoms with van der Waals surface area (Å²) in [5.41, 5.74) is 0.404. The van der Waals surface area contributed by atoms with Crippen LogP contribution in [0.15, 0.2) is 47.0 Å². The summed E-state index contributed by atoms with van der Waals surface area (Å²) in [4.78, 5) is 7.84. The molecule has 0 aliphatic carbocycles. The van der Waals surface area contributed by atoms with Crippen molar-refractivity contribution in [1.82, 2.24) is 9.97 Å². The van der Waals surface area contributed by atoms with Gasteiger partial charge in [0.05, 0.1) is 28.8 Å². The Balaban J connectivity index is 1.97. The van der Waals surface area contributed by atoms with Crippen molar-refractivity contribution < 1.29 is 22.1 Å². The smallest absolute Gasteiger partial charge is 0.227 e. The van der Waals surface area contributed by atoms with E-state index in [0.717, 1.165) is 18.3 Å². The third-order valence-corrected chi connectivity index (χ3v) is 5.39. The molecule has 0 bridgehead atoms. The number of hydrogen-bond acceptors (Lipinski definition) is 7. The van der Waals surface area contributed by atoms with Crippen LogP contribution >= 0.6 is 0 Å². The first-order valence-electron chi connectivity index (χ1n) is 8.71. The lowest BCUT2D eigenvalue weighted by molar-refractivity contribution is 0.414. The number of nitrogens with one attached hydrogen (secondary N) is 1. The molecule has 0 amide bonds. The molecule has 0 spiro atoms. The zero-order chi connectivity index (χ0) is 22.6. The van der Waals surface area contributed by atoms with E-state index in [1.165, 1.54) is 19.6 Å². The molecule has 31 heavy (non-hydrogen) atoms. The molecule has 1 atom stereocenters. The van der Waals surface area contributed by atoms with Crippen LogP contribution in [-0.4, -0.2) is 27.5 Å². The molecular formula is C20H16F3N5O2S. The minimum absolute atomic E-state index is 0.0112. The average Bonchev–Trinajstić information content (AvgIpc) is 2.69. The van der Waals surface area contributed by atoms with Crippen LogP contribution in [0.4, 0.5) is 24.8 Å². The first kappa shape index (κ1) is 22.0. The molecule has 0 saturated carbocycles. The third kappa shape index (κ3) is 5.49. The van der Waals surface area contributed by atoms with Gasteiger partial charge in [-0.2, -0.15) is 5.26 Å². The van der Waals surface area contributed by atoms with Crippen LogP contribution in [0.1, 0.15) is 5.56 Å². The van der Waals surface area contributed by atoms with Gasteiger partial charge in [-0.3, -0.25) is 0 Å². The highest BCUT2D eigenvalue weighted by atomic mass is 32.2. The molecule has 0 radical (unpaired) electrons. The van der Waals surface area contributed by atoms with Gasteiger partial charge in [-0.15, -0.1) is 4.36 Å². The van der Waals surface area contributed by atoms with Gasteiger partial charge in [-0.25, -0.2) is 27.3 Å². The number of halogens is 3. The number of hydrogen-bond donors (Lipinski definition) is 1. The lowest BCUT2D eigenvalue weighted by atomic mass is 10.1. The number of anilines is 2. The van der Waals surface area contributed by atoms with Crippen LogP contribution < -0.4 is 10.1 Å². The van der Waals surface area contributed by atoms with Gasteiger partial charge in [0, 0.05) is 29.6 Å². The maximum atomic E-state index is 14.2. The minimum atomic E-state index is -2.78. The number of rotatable bonds is 6. The van der Waals surface area contributed by atoms with E-state index in [4.69, 9.17) is 10.00 Å². The van der Waals surface area contributed by atoms with Crippen molar-refractivity contribution in [2.45, 2.75) is 5.75 Å². The lowest BCUT2D eigenvalue weighted by Gasteiger charge is -2.12. The molecule has 7 nitrogen and oxygen atoms in total. The predicted molar refractivity (Wildman–Crippen MR) is 109 cm³/mol. The molecule has 0 aliphatic rings. The fourth-order valence-corrected chi connectivity index (χ4v) is 3.81. The lowest BCUT2D eigenvalue weighted by Crippen LogP contribution is -2.04. The number of benzene rings is 2. The van der Waals surface area contributed by atoms with Gasteiger partial charge in [-0.05, 0) is 29.8 Å². The van der Waals surface area contributed by atoms with E-state index in [0.29, 0.717) is 23.1 Å². The second kappa shape index (κ2) is 9.01. The molecule has 11 heteroatoms. The molecule has 1 unspecified atom stereocenters. The molecule has 160 valence electrons. The maximum absolute atomic E-state index is 14.2. The highest BCUT2D eigenvalue weighted by Gasteiger charge is 2.15. The van der Waals surface area contributed by atoms with Crippen molar-refractivity contribution in [3.8, 4) is 23.2 Å². The van der Waals surface area contributed by atoms with Crippen molar-refractivity contribution in [2.75, 3.05) is 18.7 Å². The Kier molecular flexibility index (Phi) is 6.41. The van der Waals surface area contributed by atoms with Crippen molar-refractivity contribution in [1.29, 1.82) is 5.26 Å². The van der Waals surface area contributed by atoms with Gasteiger partial charge in [-0.1, -0.05) is 0 Å². The van der Waals surface area contributed by atoms with E-state index in [-0.39, 0.29) is 23.0 Å². The Morgan fingerprint density at radius 3 is 2.65 bits per heavy atom. The Morgan fingerprint density at radius 1 is 1.19 bits per heavy atom. The molecule has 1 aromatic heterocycles. The highest BCUT2D eigenvalue weighted by molar-refractivity contribution is 7.92. The SMILES string of the molecule is COc1cc(CS(C)(=O)=NC#N)cc(Nc2ncc(F)c(-c3ccc(F)cc3F)n2)c1. The van der Waals surface area contributed by atoms with E-state index in [1.807, 2.05) is 0 Å². The average molecular weight is 447 g/mol. The number of ether oxygens (including phenoxy) is 1. The van der Waals surface area contributed by atoms with Crippen LogP contribution in [0.5, 0.6) is 5.75 Å². The minimum Gasteiger partial charge on any atom is -0.497 e. The van der Waals surface area contributed by atoms with E-state index in [1.54, 1.807) is 18.2 Å². The number of nitrogens with zero attached hydrogens (tertiary/aromatic N) is 4. The molecule has 2 aromatic carbocycles. The first-order valence-corrected chi connectivity index (χ1v) is 10.8. The van der Waals surface area contributed by atoms with E-state index in [9.17, 15) is 17.4 Å². The molecule has 0 saturated heterocycles. The molecule has 1 heterocycles. The fraction of sp³-hybridized carbons (Fsp3) is 0.150. The van der Waals surface area contributed by atoms with Crippen LogP contribution in [-0.2, 0) is 15.5 Å². The number of methoxy groups -OCH3 is 1. The second-order valence-corrected chi connectivity index (χ2v) is 8.89. The topological polar surface area (TPSA) is 100 Å². The molecule has 3 rings (SSSR count). The largest absolute Gasteiger partial charge is 0.497 e. The molecule has 1 N–H and O–H groups in total. The summed E-state index contributed by atoms with van der Waals surface area (Å²) in [6, 6.07) is 7.55. The second-order valence-electron chi connectivity index (χ2n) is 6.50. The monoisotopic (exact) mass is 447 g/mol. The first-order chi connectivity index (χ1) is 14.7. The van der Waals surface area contributed by atoms with E-state index in [2.05, 4.69) is 19.6 Å². The summed E-state index contributed by atoms with van der Waals surface area (Å²) in [6.07, 6.45) is 3.76. The number of nitriles is 1. The van der Waals surface area contributed by atoms with E-state index < -0.39 is 27.2 Å². The van der Waals surface area contributed by atoms with Crippen LogP contribution in [0, 0.1) is 28.9 Å². The summed E-state index contributed by atoms with van der Waals surface area (Å²) in [7, 11) is -1.34. The van der Waals surface area contributed by atoms with Gasteiger partial charge >= 0.3 is 0 Å². The zero-order valence-corrected chi connectivity index (χ0v) is 17.2. The number of aromatic nitrogens is 2. The van der Waals surface area contributed by atoms with Gasteiger partial charge in [0.15, 0.2) is 5.82 Å². The van der Waals surface area contributed by atoms with Crippen molar-refractivity contribution in [2.24, 2.45) is 4.36 Å². The summed E-state index contributed by atoms with van der Waals surface area (Å²) < 4.78 is 62.5. The molecule has 0 aliphatic heterocycles. The van der Waals surface area contributed by atoms with Crippen molar-refractivity contribution in [3.63, 3.8) is 0 Å². The van der Waals surface area contributed by atoms with Crippen LogP contribution in [0.3, 0.4) is 0 Å². The van der Waals surface area contributed by atoms with Crippen molar-refractivity contribution >= 4 is 21.4 Å². The summed E-state index contributed by atoms with van der Waals surface area (Å²) >= 11 is 0. The molecular weight excluding hydrogens is 431 g/mol. The quantitative estimate of drug-likeness (QED) is 0.563. The van der Waals surface area contributed by atoms with Gasteiger partial charge in [0.25, 0.3) is 0 Å². The van der Waals surface area contributed by atoms with Crippen molar-refractivity contribution in [3.05, 3.63) is 65.6 Å². The summed E-state index contributed by atoms with van der Waals surface area (Å²) in [5.74, 6) is -2.30. The van der Waals surface area contributed by atoms with Crippen LogP contribution in [0.2, 0.25) is 0 Å². The predicted octanol–water partition coefficient (Wildman–Crippen LogP) is 4.39. The Morgan fingerprint density at radius 2 is 1.97 bits per heavy atom. The Hall–Kier alpha value is -3.65. The van der Waals surface area contributed by atoms with Gasteiger partial charge < -0.3 is 10.1 Å². The maximum Gasteiger partial charge on any atom is 0.227 e. The summed E-state index contributed by atoms with van der Waals surface area (Å²) in [5, 5.41) is 11.5. The summed E-state index contributed by atoms with van der Waals surface area (Å²) in [6.45, 7) is 0. The van der Waals surface area contributed by atoms with E-state index >= 15 is 0 Å². The van der Waals surface area contributed by atoms with Gasteiger partial charge in [0.1, 0.15) is 23.1 Å².